The number of aryl methyl sites for hydroxylation is 2. The molecule has 1 atom stereocenters. The zero-order chi connectivity index (χ0) is 13.0. The standard InChI is InChI=1S/C15H16FNO/c1-11-10-12(5-7-14(11)16)15(18)8-6-13-4-2-3-9-17-13/h2-5,7,9-10,15,18H,6,8H2,1H3. The smallest absolute Gasteiger partial charge is 0.126 e. The molecular formula is C15H16FNO. The van der Waals surface area contributed by atoms with Gasteiger partial charge in [-0.05, 0) is 49.1 Å². The first-order valence-electron chi connectivity index (χ1n) is 6.01. The Labute approximate surface area is 106 Å². The Balaban J connectivity index is 1.99. The van der Waals surface area contributed by atoms with Crippen LogP contribution in [0.25, 0.3) is 0 Å². The molecule has 2 aromatic rings. The van der Waals surface area contributed by atoms with Crippen molar-refractivity contribution in [2.75, 3.05) is 0 Å². The first-order chi connectivity index (χ1) is 8.66. The minimum Gasteiger partial charge on any atom is -0.388 e. The van der Waals surface area contributed by atoms with Crippen LogP contribution in [-0.4, -0.2) is 10.1 Å². The molecule has 94 valence electrons. The summed E-state index contributed by atoms with van der Waals surface area (Å²) in [5.41, 5.74) is 2.27. The molecule has 0 bridgehead atoms. The van der Waals surface area contributed by atoms with E-state index >= 15 is 0 Å². The molecule has 0 spiro atoms. The predicted molar refractivity (Wildman–Crippen MR) is 68.7 cm³/mol. The summed E-state index contributed by atoms with van der Waals surface area (Å²) in [6.45, 7) is 1.70. The fourth-order valence-corrected chi connectivity index (χ4v) is 1.87. The molecule has 0 radical (unpaired) electrons. The topological polar surface area (TPSA) is 33.1 Å². The molecule has 0 aliphatic heterocycles. The van der Waals surface area contributed by atoms with Gasteiger partial charge in [0.15, 0.2) is 0 Å². The number of hydrogen-bond acceptors (Lipinski definition) is 2. The van der Waals surface area contributed by atoms with Crippen molar-refractivity contribution in [3.8, 4) is 0 Å². The van der Waals surface area contributed by atoms with Crippen LogP contribution >= 0.6 is 0 Å². The molecule has 0 aliphatic rings. The van der Waals surface area contributed by atoms with Crippen molar-refractivity contribution in [1.29, 1.82) is 0 Å². The van der Waals surface area contributed by atoms with Crippen molar-refractivity contribution in [2.24, 2.45) is 0 Å². The molecule has 0 fully saturated rings. The highest BCUT2D eigenvalue weighted by Crippen LogP contribution is 2.20. The lowest BCUT2D eigenvalue weighted by molar-refractivity contribution is 0.167. The van der Waals surface area contributed by atoms with E-state index in [4.69, 9.17) is 0 Å². The van der Waals surface area contributed by atoms with Crippen molar-refractivity contribution in [1.82, 2.24) is 4.98 Å². The number of halogens is 1. The summed E-state index contributed by atoms with van der Waals surface area (Å²) in [5, 5.41) is 10.0. The second-order valence-corrected chi connectivity index (χ2v) is 4.38. The highest BCUT2D eigenvalue weighted by atomic mass is 19.1. The van der Waals surface area contributed by atoms with Gasteiger partial charge in [0.25, 0.3) is 0 Å². The molecule has 0 amide bonds. The molecule has 1 heterocycles. The van der Waals surface area contributed by atoms with Crippen LogP contribution in [0.5, 0.6) is 0 Å². The predicted octanol–water partition coefficient (Wildman–Crippen LogP) is 3.20. The van der Waals surface area contributed by atoms with Gasteiger partial charge in [0.05, 0.1) is 6.10 Å². The van der Waals surface area contributed by atoms with E-state index in [1.807, 2.05) is 18.2 Å². The Morgan fingerprint density at radius 1 is 1.28 bits per heavy atom. The van der Waals surface area contributed by atoms with Crippen molar-refractivity contribution >= 4 is 0 Å². The number of aliphatic hydroxyl groups excluding tert-OH is 1. The van der Waals surface area contributed by atoms with Crippen LogP contribution in [0.15, 0.2) is 42.6 Å². The van der Waals surface area contributed by atoms with E-state index in [2.05, 4.69) is 4.98 Å². The average Bonchev–Trinajstić information content (AvgIpc) is 2.40. The fraction of sp³-hybridized carbons (Fsp3) is 0.267. The number of pyridine rings is 1. The maximum atomic E-state index is 13.1. The number of rotatable bonds is 4. The molecule has 0 aliphatic carbocycles. The lowest BCUT2D eigenvalue weighted by Gasteiger charge is -2.11. The van der Waals surface area contributed by atoms with Crippen LogP contribution in [0.3, 0.4) is 0 Å². The largest absolute Gasteiger partial charge is 0.388 e. The van der Waals surface area contributed by atoms with Crippen molar-refractivity contribution in [3.63, 3.8) is 0 Å². The van der Waals surface area contributed by atoms with Crippen molar-refractivity contribution < 1.29 is 9.50 Å². The summed E-state index contributed by atoms with van der Waals surface area (Å²) in [7, 11) is 0. The average molecular weight is 245 g/mol. The molecule has 18 heavy (non-hydrogen) atoms. The van der Waals surface area contributed by atoms with Gasteiger partial charge in [-0.15, -0.1) is 0 Å². The molecule has 3 heteroatoms. The molecule has 1 unspecified atom stereocenters. The fourth-order valence-electron chi connectivity index (χ4n) is 1.87. The van der Waals surface area contributed by atoms with Crippen molar-refractivity contribution in [2.45, 2.75) is 25.9 Å². The second-order valence-electron chi connectivity index (χ2n) is 4.38. The Morgan fingerprint density at radius 2 is 2.11 bits per heavy atom. The van der Waals surface area contributed by atoms with E-state index in [-0.39, 0.29) is 5.82 Å². The maximum absolute atomic E-state index is 13.1. The van der Waals surface area contributed by atoms with E-state index in [0.29, 0.717) is 18.4 Å². The van der Waals surface area contributed by atoms with Gasteiger partial charge in [0.1, 0.15) is 5.82 Å². The SMILES string of the molecule is Cc1cc(C(O)CCc2ccccn2)ccc1F. The Hall–Kier alpha value is -1.74. The third-order valence-corrected chi connectivity index (χ3v) is 2.97. The van der Waals surface area contributed by atoms with Gasteiger partial charge in [-0.2, -0.15) is 0 Å². The van der Waals surface area contributed by atoms with Gasteiger partial charge in [-0.25, -0.2) is 4.39 Å². The molecule has 1 aromatic heterocycles. The summed E-state index contributed by atoms with van der Waals surface area (Å²) in [5.74, 6) is -0.240. The molecular weight excluding hydrogens is 229 g/mol. The van der Waals surface area contributed by atoms with Crippen molar-refractivity contribution in [3.05, 3.63) is 65.2 Å². The first kappa shape index (κ1) is 12.7. The van der Waals surface area contributed by atoms with Gasteiger partial charge in [-0.3, -0.25) is 4.98 Å². The third-order valence-electron chi connectivity index (χ3n) is 2.97. The highest BCUT2D eigenvalue weighted by Gasteiger charge is 2.09. The summed E-state index contributed by atoms with van der Waals surface area (Å²) < 4.78 is 13.1. The Morgan fingerprint density at radius 3 is 2.78 bits per heavy atom. The van der Waals surface area contributed by atoms with Gasteiger partial charge >= 0.3 is 0 Å². The van der Waals surface area contributed by atoms with E-state index in [9.17, 15) is 9.50 Å². The van der Waals surface area contributed by atoms with Gasteiger partial charge in [0.2, 0.25) is 0 Å². The summed E-state index contributed by atoms with van der Waals surface area (Å²) >= 11 is 0. The number of aromatic nitrogens is 1. The Bertz CT molecular complexity index is 513. The van der Waals surface area contributed by atoms with Gasteiger partial charge in [0, 0.05) is 11.9 Å². The molecule has 1 aromatic carbocycles. The highest BCUT2D eigenvalue weighted by molar-refractivity contribution is 5.25. The number of hydrogen-bond donors (Lipinski definition) is 1. The maximum Gasteiger partial charge on any atom is 0.126 e. The molecule has 2 nitrogen and oxygen atoms in total. The summed E-state index contributed by atoms with van der Waals surface area (Å²) in [6, 6.07) is 10.4. The minimum absolute atomic E-state index is 0.240. The number of nitrogens with zero attached hydrogens (tertiary/aromatic N) is 1. The molecule has 2 rings (SSSR count). The van der Waals surface area contributed by atoms with Crippen LogP contribution in [0, 0.1) is 12.7 Å². The number of benzene rings is 1. The zero-order valence-electron chi connectivity index (χ0n) is 10.3. The van der Waals surface area contributed by atoms with Gasteiger partial charge in [-0.1, -0.05) is 18.2 Å². The quantitative estimate of drug-likeness (QED) is 0.897. The van der Waals surface area contributed by atoms with E-state index in [0.717, 1.165) is 11.3 Å². The van der Waals surface area contributed by atoms with Crippen LogP contribution < -0.4 is 0 Å². The van der Waals surface area contributed by atoms with Crippen LogP contribution in [0.1, 0.15) is 29.3 Å². The first-order valence-corrected chi connectivity index (χ1v) is 6.01. The lowest BCUT2D eigenvalue weighted by atomic mass is 10.0. The summed E-state index contributed by atoms with van der Waals surface area (Å²) in [6.07, 6.45) is 2.45. The molecule has 0 saturated carbocycles. The summed E-state index contributed by atoms with van der Waals surface area (Å²) in [4.78, 5) is 4.20. The Kier molecular flexibility index (Phi) is 4.05. The lowest BCUT2D eigenvalue weighted by Crippen LogP contribution is -2.01. The van der Waals surface area contributed by atoms with Crippen LogP contribution in [-0.2, 0) is 6.42 Å². The normalized spacial score (nSPS) is 12.4. The third kappa shape index (κ3) is 3.14. The molecule has 0 saturated heterocycles. The molecule has 1 N–H and O–H groups in total. The van der Waals surface area contributed by atoms with Crippen LogP contribution in [0.2, 0.25) is 0 Å². The van der Waals surface area contributed by atoms with Crippen LogP contribution in [0.4, 0.5) is 4.39 Å². The van der Waals surface area contributed by atoms with E-state index < -0.39 is 6.10 Å². The zero-order valence-corrected chi connectivity index (χ0v) is 10.3. The second kappa shape index (κ2) is 5.74. The monoisotopic (exact) mass is 245 g/mol. The number of aliphatic hydroxyl groups is 1. The minimum atomic E-state index is -0.577. The van der Waals surface area contributed by atoms with E-state index in [1.54, 1.807) is 25.3 Å². The van der Waals surface area contributed by atoms with Gasteiger partial charge < -0.3 is 5.11 Å². The van der Waals surface area contributed by atoms with E-state index in [1.165, 1.54) is 6.07 Å².